The summed E-state index contributed by atoms with van der Waals surface area (Å²) in [5.41, 5.74) is 0. The van der Waals surface area contributed by atoms with Crippen molar-refractivity contribution in [2.24, 2.45) is 0 Å². The molecule has 0 radical (unpaired) electrons. The molecular formula is C8H4F12I2. The van der Waals surface area contributed by atoms with Gasteiger partial charge in [0.2, 0.25) is 0 Å². The predicted octanol–water partition coefficient (Wildman–Crippen LogP) is 6.36. The first-order valence-electron chi connectivity index (χ1n) is 4.81. The molecule has 0 aromatic heterocycles. The first-order valence-corrected chi connectivity index (χ1v) is 6.97. The standard InChI is InChI=1S/C8H4F12I2/c9-3(10,1-5(13,14)21)7(17,18)8(19,20)4(11,12)2-6(15,16)22/h1-2H2. The summed E-state index contributed by atoms with van der Waals surface area (Å²) in [6, 6.07) is 0. The van der Waals surface area contributed by atoms with Gasteiger partial charge in [-0.05, 0) is 45.2 Å². The lowest BCUT2D eigenvalue weighted by Gasteiger charge is -2.37. The summed E-state index contributed by atoms with van der Waals surface area (Å²) in [4.78, 5) is 0. The van der Waals surface area contributed by atoms with Gasteiger partial charge in [0.1, 0.15) is 0 Å². The van der Waals surface area contributed by atoms with E-state index < -0.39 is 44.4 Å². The third kappa shape index (κ3) is 5.06. The van der Waals surface area contributed by atoms with Gasteiger partial charge < -0.3 is 0 Å². The van der Waals surface area contributed by atoms with Gasteiger partial charge in [0, 0.05) is 0 Å². The molecule has 0 unspecified atom stereocenters. The smallest absolute Gasteiger partial charge is 0.199 e. The highest BCUT2D eigenvalue weighted by molar-refractivity contribution is 14.1. The van der Waals surface area contributed by atoms with E-state index in [-0.39, 0.29) is 45.2 Å². The fourth-order valence-electron chi connectivity index (χ4n) is 1.18. The normalized spacial score (nSPS) is 16.1. The van der Waals surface area contributed by atoms with Gasteiger partial charge in [0.15, 0.2) is 0 Å². The Morgan fingerprint density at radius 2 is 0.636 bits per heavy atom. The molecule has 0 bridgehead atoms. The van der Waals surface area contributed by atoms with Crippen molar-refractivity contribution in [1.82, 2.24) is 0 Å². The van der Waals surface area contributed by atoms with E-state index >= 15 is 0 Å². The zero-order valence-electron chi connectivity index (χ0n) is 9.71. The van der Waals surface area contributed by atoms with Gasteiger partial charge >= 0.3 is 31.5 Å². The molecule has 0 heterocycles. The topological polar surface area (TPSA) is 0 Å². The Labute approximate surface area is 142 Å². The summed E-state index contributed by atoms with van der Waals surface area (Å²) >= 11 is -0.174. The van der Waals surface area contributed by atoms with Gasteiger partial charge in [-0.25, -0.2) is 0 Å². The Bertz CT molecular complexity index is 355. The lowest BCUT2D eigenvalue weighted by molar-refractivity contribution is -0.374. The number of hydrogen-bond donors (Lipinski definition) is 0. The molecule has 0 fully saturated rings. The van der Waals surface area contributed by atoms with Crippen LogP contribution < -0.4 is 0 Å². The van der Waals surface area contributed by atoms with Crippen LogP contribution in [0.25, 0.3) is 0 Å². The number of alkyl halides is 14. The zero-order chi connectivity index (χ0) is 18.4. The van der Waals surface area contributed by atoms with Crippen molar-refractivity contribution in [3.63, 3.8) is 0 Å². The fourth-order valence-corrected chi connectivity index (χ4v) is 2.14. The Kier molecular flexibility index (Phi) is 6.34. The van der Waals surface area contributed by atoms with E-state index in [1.807, 2.05) is 0 Å². The molecule has 14 heteroatoms. The molecule has 22 heavy (non-hydrogen) atoms. The van der Waals surface area contributed by atoms with Crippen molar-refractivity contribution in [2.75, 3.05) is 0 Å². The van der Waals surface area contributed by atoms with E-state index in [1.165, 1.54) is 0 Å². The van der Waals surface area contributed by atoms with E-state index in [0.717, 1.165) is 0 Å². The van der Waals surface area contributed by atoms with Crippen molar-refractivity contribution in [1.29, 1.82) is 0 Å². The van der Waals surface area contributed by atoms with Crippen molar-refractivity contribution >= 4 is 45.2 Å². The predicted molar refractivity (Wildman–Crippen MR) is 67.0 cm³/mol. The highest BCUT2D eigenvalue weighted by atomic mass is 127. The minimum absolute atomic E-state index is 0.0872. The first kappa shape index (κ1) is 22.6. The molecule has 0 aliphatic rings. The quantitative estimate of drug-likeness (QED) is 0.186. The maximum Gasteiger partial charge on any atom is 0.378 e. The van der Waals surface area contributed by atoms with Gasteiger partial charge in [-0.1, -0.05) is 0 Å². The van der Waals surface area contributed by atoms with Crippen LogP contribution in [0.4, 0.5) is 52.7 Å². The van der Waals surface area contributed by atoms with Gasteiger partial charge in [-0.2, -0.15) is 52.7 Å². The maximum atomic E-state index is 13.0. The van der Waals surface area contributed by atoms with E-state index in [2.05, 4.69) is 0 Å². The number of halogens is 14. The highest BCUT2D eigenvalue weighted by Crippen LogP contribution is 2.57. The minimum Gasteiger partial charge on any atom is -0.199 e. The average Bonchev–Trinajstić information content (AvgIpc) is 2.08. The summed E-state index contributed by atoms with van der Waals surface area (Å²) in [5, 5.41) is 0. The first-order chi connectivity index (χ1) is 9.16. The molecule has 0 amide bonds. The Balaban J connectivity index is 5.74. The Hall–Kier alpha value is 0.620. The second-order valence-corrected chi connectivity index (χ2v) is 7.30. The third-order valence-corrected chi connectivity index (χ3v) is 2.92. The van der Waals surface area contributed by atoms with Crippen LogP contribution in [0, 0.1) is 0 Å². The molecule has 0 nitrogen and oxygen atoms in total. The van der Waals surface area contributed by atoms with Crippen LogP contribution in [0.5, 0.6) is 0 Å². The van der Waals surface area contributed by atoms with Crippen LogP contribution in [0.15, 0.2) is 0 Å². The molecule has 0 atom stereocenters. The van der Waals surface area contributed by atoms with Crippen molar-refractivity contribution in [3.8, 4) is 0 Å². The van der Waals surface area contributed by atoms with E-state index in [0.29, 0.717) is 0 Å². The minimum atomic E-state index is -6.99. The number of rotatable bonds is 7. The molecular weight excluding hydrogens is 578 g/mol. The van der Waals surface area contributed by atoms with Gasteiger partial charge in [0.25, 0.3) is 0 Å². The van der Waals surface area contributed by atoms with Crippen LogP contribution in [0.2, 0.25) is 0 Å². The molecule has 134 valence electrons. The van der Waals surface area contributed by atoms with Crippen LogP contribution in [-0.4, -0.2) is 31.5 Å². The average molecular weight is 582 g/mol. The van der Waals surface area contributed by atoms with Crippen LogP contribution >= 0.6 is 45.2 Å². The molecule has 0 N–H and O–H groups in total. The number of hydrogen-bond acceptors (Lipinski definition) is 0. The second-order valence-electron chi connectivity index (χ2n) is 4.14. The SMILES string of the molecule is FC(F)(I)CC(F)(F)C(F)(F)C(F)(F)C(F)(F)CC(F)(F)I. The Morgan fingerprint density at radius 3 is 0.773 bits per heavy atom. The van der Waals surface area contributed by atoms with Crippen molar-refractivity contribution in [3.05, 3.63) is 0 Å². The van der Waals surface area contributed by atoms with Crippen LogP contribution in [0.3, 0.4) is 0 Å². The fraction of sp³-hybridized carbons (Fsp3) is 1.00. The van der Waals surface area contributed by atoms with E-state index in [1.54, 1.807) is 0 Å². The second kappa shape index (κ2) is 6.16. The monoisotopic (exact) mass is 582 g/mol. The summed E-state index contributed by atoms with van der Waals surface area (Å²) in [7, 11) is 0. The Morgan fingerprint density at radius 1 is 0.455 bits per heavy atom. The lowest BCUT2D eigenvalue weighted by Crippen LogP contribution is -2.63. The van der Waals surface area contributed by atoms with E-state index in [4.69, 9.17) is 0 Å². The molecule has 0 saturated heterocycles. The van der Waals surface area contributed by atoms with Crippen molar-refractivity contribution in [2.45, 2.75) is 44.4 Å². The molecule has 0 aliphatic carbocycles. The molecule has 0 saturated carbocycles. The largest absolute Gasteiger partial charge is 0.378 e. The third-order valence-electron chi connectivity index (χ3n) is 2.16. The van der Waals surface area contributed by atoms with Gasteiger partial charge in [-0.3, -0.25) is 0 Å². The summed E-state index contributed by atoms with van der Waals surface area (Å²) in [6.07, 6.45) is -6.36. The van der Waals surface area contributed by atoms with Gasteiger partial charge in [0.05, 0.1) is 12.8 Å². The summed E-state index contributed by atoms with van der Waals surface area (Å²) in [6.45, 7) is 0. The van der Waals surface area contributed by atoms with E-state index in [9.17, 15) is 52.7 Å². The summed E-state index contributed by atoms with van der Waals surface area (Å²) in [5.74, 6) is -26.5. The molecule has 0 aromatic carbocycles. The summed E-state index contributed by atoms with van der Waals surface area (Å²) < 4.78 is 144. The highest BCUT2D eigenvalue weighted by Gasteiger charge is 2.81. The van der Waals surface area contributed by atoms with Crippen molar-refractivity contribution < 1.29 is 52.7 Å². The van der Waals surface area contributed by atoms with Crippen LogP contribution in [0.1, 0.15) is 12.8 Å². The maximum absolute atomic E-state index is 13.0. The molecule has 0 aliphatic heterocycles. The van der Waals surface area contributed by atoms with Crippen LogP contribution in [-0.2, 0) is 0 Å². The van der Waals surface area contributed by atoms with Gasteiger partial charge in [-0.15, -0.1) is 0 Å². The molecule has 0 spiro atoms. The molecule has 0 rings (SSSR count). The molecule has 0 aromatic rings. The lowest BCUT2D eigenvalue weighted by atomic mass is 9.95. The zero-order valence-corrected chi connectivity index (χ0v) is 14.0.